The number of nitrogens with one attached hydrogen (secondary N) is 1. The SMILES string of the molecule is CN=C(NCCOCC(C)C)N1CCN(Cc2cc(OC)ccc2OC)CC1.I. The van der Waals surface area contributed by atoms with Crippen LogP contribution in [0.3, 0.4) is 0 Å². The highest BCUT2D eigenvalue weighted by molar-refractivity contribution is 14.0. The molecule has 0 radical (unpaired) electrons. The zero-order valence-corrected chi connectivity index (χ0v) is 20.8. The molecule has 7 nitrogen and oxygen atoms in total. The smallest absolute Gasteiger partial charge is 0.193 e. The summed E-state index contributed by atoms with van der Waals surface area (Å²) in [5, 5.41) is 3.41. The highest BCUT2D eigenvalue weighted by atomic mass is 127. The van der Waals surface area contributed by atoms with Gasteiger partial charge < -0.3 is 24.4 Å². The van der Waals surface area contributed by atoms with Gasteiger partial charge in [-0.3, -0.25) is 9.89 Å². The maximum Gasteiger partial charge on any atom is 0.193 e. The molecule has 0 aliphatic carbocycles. The molecule has 0 saturated carbocycles. The van der Waals surface area contributed by atoms with Gasteiger partial charge in [-0.05, 0) is 24.1 Å². The number of nitrogens with zero attached hydrogens (tertiary/aromatic N) is 3. The average molecular weight is 520 g/mol. The normalized spacial score (nSPS) is 15.2. The van der Waals surface area contributed by atoms with Gasteiger partial charge in [-0.25, -0.2) is 0 Å². The predicted molar refractivity (Wildman–Crippen MR) is 129 cm³/mol. The van der Waals surface area contributed by atoms with E-state index >= 15 is 0 Å². The van der Waals surface area contributed by atoms with E-state index in [1.165, 1.54) is 0 Å². The molecule has 1 N–H and O–H groups in total. The van der Waals surface area contributed by atoms with Gasteiger partial charge >= 0.3 is 0 Å². The van der Waals surface area contributed by atoms with Crippen LogP contribution in [0.25, 0.3) is 0 Å². The maximum absolute atomic E-state index is 5.64. The fourth-order valence-electron chi connectivity index (χ4n) is 3.25. The molecule has 1 heterocycles. The molecule has 1 fully saturated rings. The summed E-state index contributed by atoms with van der Waals surface area (Å²) < 4.78 is 16.5. The van der Waals surface area contributed by atoms with Crippen LogP contribution in [-0.4, -0.2) is 83.0 Å². The second-order valence-electron chi connectivity index (χ2n) is 7.38. The van der Waals surface area contributed by atoms with Crippen LogP contribution in [0.2, 0.25) is 0 Å². The molecule has 0 aromatic heterocycles. The van der Waals surface area contributed by atoms with E-state index in [9.17, 15) is 0 Å². The highest BCUT2D eigenvalue weighted by Gasteiger charge is 2.20. The number of hydrogen-bond donors (Lipinski definition) is 1. The van der Waals surface area contributed by atoms with Gasteiger partial charge in [0.05, 0.1) is 20.8 Å². The quantitative estimate of drug-likeness (QED) is 0.234. The summed E-state index contributed by atoms with van der Waals surface area (Å²) in [6.45, 7) is 11.3. The molecule has 1 aromatic carbocycles. The van der Waals surface area contributed by atoms with Crippen LogP contribution in [0.4, 0.5) is 0 Å². The van der Waals surface area contributed by atoms with Crippen LogP contribution in [0.15, 0.2) is 23.2 Å². The first kappa shape index (κ1) is 25.8. The predicted octanol–water partition coefficient (Wildman–Crippen LogP) is 2.69. The third-order valence-electron chi connectivity index (χ3n) is 4.75. The third kappa shape index (κ3) is 8.55. The molecular formula is C21H37IN4O3. The van der Waals surface area contributed by atoms with Crippen molar-refractivity contribution in [3.05, 3.63) is 23.8 Å². The van der Waals surface area contributed by atoms with Gasteiger partial charge in [-0.15, -0.1) is 24.0 Å². The lowest BCUT2D eigenvalue weighted by atomic mass is 10.1. The van der Waals surface area contributed by atoms with Crippen LogP contribution >= 0.6 is 24.0 Å². The number of methoxy groups -OCH3 is 2. The molecule has 1 saturated heterocycles. The molecule has 0 bridgehead atoms. The van der Waals surface area contributed by atoms with Crippen molar-refractivity contribution in [1.29, 1.82) is 0 Å². The van der Waals surface area contributed by atoms with Gasteiger partial charge in [0.2, 0.25) is 0 Å². The topological polar surface area (TPSA) is 58.6 Å². The van der Waals surface area contributed by atoms with Gasteiger partial charge in [0.25, 0.3) is 0 Å². The summed E-state index contributed by atoms with van der Waals surface area (Å²) in [6, 6.07) is 5.96. The molecule has 0 atom stereocenters. The number of halogens is 1. The Kier molecular flexibility index (Phi) is 12.3. The highest BCUT2D eigenvalue weighted by Crippen LogP contribution is 2.25. The minimum Gasteiger partial charge on any atom is -0.497 e. The maximum atomic E-state index is 5.64. The van der Waals surface area contributed by atoms with Crippen molar-refractivity contribution in [2.24, 2.45) is 10.9 Å². The molecule has 2 rings (SSSR count). The number of piperazine rings is 1. The Hall–Kier alpha value is -1.26. The van der Waals surface area contributed by atoms with Crippen molar-refractivity contribution in [3.8, 4) is 11.5 Å². The van der Waals surface area contributed by atoms with E-state index in [-0.39, 0.29) is 24.0 Å². The molecule has 0 amide bonds. The van der Waals surface area contributed by atoms with Crippen molar-refractivity contribution in [2.45, 2.75) is 20.4 Å². The van der Waals surface area contributed by atoms with Gasteiger partial charge in [0.1, 0.15) is 11.5 Å². The van der Waals surface area contributed by atoms with Crippen molar-refractivity contribution in [3.63, 3.8) is 0 Å². The molecule has 166 valence electrons. The molecule has 8 heteroatoms. The standard InChI is InChI=1S/C21H36N4O3.HI/c1-17(2)16-28-13-8-23-21(22-3)25-11-9-24(10-12-25)15-18-14-19(26-4)6-7-20(18)27-5;/h6-7,14,17H,8-13,15-16H2,1-5H3,(H,22,23);1H. The zero-order chi connectivity index (χ0) is 20.4. The largest absolute Gasteiger partial charge is 0.497 e. The summed E-state index contributed by atoms with van der Waals surface area (Å²) in [7, 11) is 5.24. The minimum absolute atomic E-state index is 0. The Morgan fingerprint density at radius 3 is 2.45 bits per heavy atom. The molecule has 1 aliphatic heterocycles. The van der Waals surface area contributed by atoms with E-state index in [0.717, 1.165) is 68.9 Å². The van der Waals surface area contributed by atoms with Crippen molar-refractivity contribution in [1.82, 2.24) is 15.1 Å². The van der Waals surface area contributed by atoms with Crippen LogP contribution in [0.5, 0.6) is 11.5 Å². The number of aliphatic imine (C=N–C) groups is 1. The second kappa shape index (κ2) is 13.9. The Balaban J connectivity index is 0.00000420. The fraction of sp³-hybridized carbons (Fsp3) is 0.667. The Bertz CT molecular complexity index is 620. The number of rotatable bonds is 9. The average Bonchev–Trinajstić information content (AvgIpc) is 2.71. The number of ether oxygens (including phenoxy) is 3. The Morgan fingerprint density at radius 2 is 1.86 bits per heavy atom. The number of benzene rings is 1. The van der Waals surface area contributed by atoms with Crippen LogP contribution in [0, 0.1) is 5.92 Å². The van der Waals surface area contributed by atoms with E-state index in [2.05, 4.69) is 40.0 Å². The van der Waals surface area contributed by atoms with Gasteiger partial charge in [-0.1, -0.05) is 13.8 Å². The molecule has 1 aliphatic rings. The molecular weight excluding hydrogens is 483 g/mol. The Labute approximate surface area is 192 Å². The second-order valence-corrected chi connectivity index (χ2v) is 7.38. The summed E-state index contributed by atoms with van der Waals surface area (Å²) in [5.74, 6) is 3.28. The van der Waals surface area contributed by atoms with Crippen molar-refractivity contribution >= 4 is 29.9 Å². The molecule has 0 spiro atoms. The van der Waals surface area contributed by atoms with Crippen molar-refractivity contribution in [2.75, 3.05) is 67.2 Å². The summed E-state index contributed by atoms with van der Waals surface area (Å²) in [5.41, 5.74) is 1.15. The van der Waals surface area contributed by atoms with Gasteiger partial charge in [-0.2, -0.15) is 0 Å². The van der Waals surface area contributed by atoms with Crippen molar-refractivity contribution < 1.29 is 14.2 Å². The molecule has 0 unspecified atom stereocenters. The lowest BCUT2D eigenvalue weighted by Gasteiger charge is -2.36. The fourth-order valence-corrected chi connectivity index (χ4v) is 3.25. The number of hydrogen-bond acceptors (Lipinski definition) is 5. The minimum atomic E-state index is 0. The van der Waals surface area contributed by atoms with E-state index in [0.29, 0.717) is 12.5 Å². The molecule has 1 aromatic rings. The lowest BCUT2D eigenvalue weighted by Crippen LogP contribution is -2.52. The van der Waals surface area contributed by atoms with E-state index < -0.39 is 0 Å². The summed E-state index contributed by atoms with van der Waals surface area (Å²) in [4.78, 5) is 9.17. The van der Waals surface area contributed by atoms with Crippen LogP contribution in [-0.2, 0) is 11.3 Å². The lowest BCUT2D eigenvalue weighted by molar-refractivity contribution is 0.113. The zero-order valence-electron chi connectivity index (χ0n) is 18.4. The first-order valence-electron chi connectivity index (χ1n) is 10.0. The van der Waals surface area contributed by atoms with E-state index in [4.69, 9.17) is 14.2 Å². The van der Waals surface area contributed by atoms with E-state index in [1.54, 1.807) is 14.2 Å². The summed E-state index contributed by atoms with van der Waals surface area (Å²) >= 11 is 0. The van der Waals surface area contributed by atoms with Crippen LogP contribution in [0.1, 0.15) is 19.4 Å². The monoisotopic (exact) mass is 520 g/mol. The van der Waals surface area contributed by atoms with Gasteiger partial charge in [0, 0.05) is 58.5 Å². The van der Waals surface area contributed by atoms with Crippen LogP contribution < -0.4 is 14.8 Å². The molecule has 29 heavy (non-hydrogen) atoms. The first-order valence-corrected chi connectivity index (χ1v) is 10.0. The van der Waals surface area contributed by atoms with E-state index in [1.807, 2.05) is 19.2 Å². The summed E-state index contributed by atoms with van der Waals surface area (Å²) in [6.07, 6.45) is 0. The Morgan fingerprint density at radius 1 is 1.14 bits per heavy atom. The third-order valence-corrected chi connectivity index (χ3v) is 4.75. The van der Waals surface area contributed by atoms with Gasteiger partial charge in [0.15, 0.2) is 5.96 Å². The first-order chi connectivity index (χ1) is 13.6. The number of guanidine groups is 1.